The third kappa shape index (κ3) is 6.09. The molecule has 0 saturated heterocycles. The van der Waals surface area contributed by atoms with Crippen molar-refractivity contribution in [3.05, 3.63) is 83.4 Å². The molecule has 0 bridgehead atoms. The van der Waals surface area contributed by atoms with Gasteiger partial charge in [-0.15, -0.1) is 10.2 Å². The molecule has 0 aliphatic carbocycles. The molecule has 35 heavy (non-hydrogen) atoms. The molecular formula is C26H24ClN5O2S. The second-order valence-corrected chi connectivity index (χ2v) is 9.74. The highest BCUT2D eigenvalue weighted by atomic mass is 35.5. The first-order valence-corrected chi connectivity index (χ1v) is 12.2. The maximum absolute atomic E-state index is 12.9. The molecule has 0 fully saturated rings. The number of carbonyl (C=O) groups excluding carboxylic acids is 2. The van der Waals surface area contributed by atoms with Gasteiger partial charge in [0.1, 0.15) is 0 Å². The number of aryl methyl sites for hydroxylation is 1. The van der Waals surface area contributed by atoms with Gasteiger partial charge < -0.3 is 10.6 Å². The predicted octanol–water partition coefficient (Wildman–Crippen LogP) is 5.97. The number of benzene rings is 3. The summed E-state index contributed by atoms with van der Waals surface area (Å²) in [6.07, 6.45) is 0. The maximum atomic E-state index is 12.9. The van der Waals surface area contributed by atoms with Gasteiger partial charge in [-0.3, -0.25) is 14.2 Å². The van der Waals surface area contributed by atoms with Crippen LogP contribution in [0.1, 0.15) is 19.4 Å². The van der Waals surface area contributed by atoms with Crippen LogP contribution in [0, 0.1) is 6.92 Å². The lowest BCUT2D eigenvalue weighted by atomic mass is 10.2. The van der Waals surface area contributed by atoms with Crippen LogP contribution in [0.2, 0.25) is 5.02 Å². The fourth-order valence-corrected chi connectivity index (χ4v) is 4.35. The molecule has 0 spiro atoms. The summed E-state index contributed by atoms with van der Waals surface area (Å²) in [5, 5.41) is 15.2. The van der Waals surface area contributed by atoms with Gasteiger partial charge in [0.05, 0.1) is 5.25 Å². The first-order valence-electron chi connectivity index (χ1n) is 10.9. The molecule has 4 rings (SSSR count). The van der Waals surface area contributed by atoms with Gasteiger partial charge in [-0.1, -0.05) is 41.1 Å². The summed E-state index contributed by atoms with van der Waals surface area (Å²) in [4.78, 5) is 24.1. The summed E-state index contributed by atoms with van der Waals surface area (Å²) in [6.45, 7) is 5.30. The third-order valence-electron chi connectivity index (χ3n) is 5.15. The van der Waals surface area contributed by atoms with Crippen molar-refractivity contribution in [3.8, 4) is 17.1 Å². The van der Waals surface area contributed by atoms with Gasteiger partial charge in [-0.25, -0.2) is 0 Å². The molecule has 0 aliphatic rings. The van der Waals surface area contributed by atoms with Crippen LogP contribution < -0.4 is 10.6 Å². The zero-order valence-corrected chi connectivity index (χ0v) is 21.0. The molecule has 0 saturated carbocycles. The SMILES string of the molecule is CC(=O)Nc1ccc(NC(=O)C(C)Sc2nnc(-c3ccc(Cl)cc3)n2-c2ccc(C)cc2)cc1. The molecule has 3 aromatic carbocycles. The number of hydrogen-bond donors (Lipinski definition) is 2. The Morgan fingerprint density at radius 3 is 2.09 bits per heavy atom. The highest BCUT2D eigenvalue weighted by Gasteiger charge is 2.22. The van der Waals surface area contributed by atoms with E-state index in [1.165, 1.54) is 18.7 Å². The molecule has 0 radical (unpaired) electrons. The van der Waals surface area contributed by atoms with E-state index < -0.39 is 5.25 Å². The van der Waals surface area contributed by atoms with Gasteiger partial charge in [-0.05, 0) is 74.5 Å². The van der Waals surface area contributed by atoms with Gasteiger partial charge in [-0.2, -0.15) is 0 Å². The molecule has 1 heterocycles. The minimum absolute atomic E-state index is 0.150. The Morgan fingerprint density at radius 2 is 1.49 bits per heavy atom. The highest BCUT2D eigenvalue weighted by molar-refractivity contribution is 8.00. The molecule has 2 N–H and O–H groups in total. The molecular weight excluding hydrogens is 482 g/mol. The fourth-order valence-electron chi connectivity index (χ4n) is 3.35. The number of anilines is 2. The minimum atomic E-state index is -0.448. The molecule has 2 amide bonds. The van der Waals surface area contributed by atoms with Crippen molar-refractivity contribution in [2.45, 2.75) is 31.2 Å². The summed E-state index contributed by atoms with van der Waals surface area (Å²) in [5.74, 6) is 0.338. The van der Waals surface area contributed by atoms with Crippen LogP contribution in [0.5, 0.6) is 0 Å². The van der Waals surface area contributed by atoms with Crippen molar-refractivity contribution in [2.75, 3.05) is 10.6 Å². The lowest BCUT2D eigenvalue weighted by Gasteiger charge is -2.14. The van der Waals surface area contributed by atoms with E-state index >= 15 is 0 Å². The molecule has 0 aliphatic heterocycles. The predicted molar refractivity (Wildman–Crippen MR) is 141 cm³/mol. The number of aromatic nitrogens is 3. The molecule has 4 aromatic rings. The normalized spacial score (nSPS) is 11.7. The Kier molecular flexibility index (Phi) is 7.53. The van der Waals surface area contributed by atoms with Gasteiger partial charge >= 0.3 is 0 Å². The Balaban J connectivity index is 1.57. The van der Waals surface area contributed by atoms with Crippen LogP contribution in [0.4, 0.5) is 11.4 Å². The lowest BCUT2D eigenvalue weighted by molar-refractivity contribution is -0.115. The van der Waals surface area contributed by atoms with Crippen molar-refractivity contribution in [2.24, 2.45) is 0 Å². The smallest absolute Gasteiger partial charge is 0.237 e. The monoisotopic (exact) mass is 505 g/mol. The average Bonchev–Trinajstić information content (AvgIpc) is 3.24. The first kappa shape index (κ1) is 24.5. The third-order valence-corrected chi connectivity index (χ3v) is 6.45. The van der Waals surface area contributed by atoms with Gasteiger partial charge in [0.15, 0.2) is 11.0 Å². The summed E-state index contributed by atoms with van der Waals surface area (Å²) in [7, 11) is 0. The number of hydrogen-bond acceptors (Lipinski definition) is 5. The van der Waals surface area contributed by atoms with E-state index in [0.717, 1.165) is 16.8 Å². The van der Waals surface area contributed by atoms with Crippen molar-refractivity contribution in [1.29, 1.82) is 0 Å². The van der Waals surface area contributed by atoms with E-state index in [0.29, 0.717) is 27.4 Å². The number of carbonyl (C=O) groups is 2. The van der Waals surface area contributed by atoms with Gasteiger partial charge in [0.2, 0.25) is 11.8 Å². The minimum Gasteiger partial charge on any atom is -0.326 e. The molecule has 1 unspecified atom stereocenters. The standard InChI is InChI=1S/C26H24ClN5O2S/c1-16-4-14-23(15-5-16)32-24(19-6-8-20(27)9-7-19)30-31-26(32)35-17(2)25(34)29-22-12-10-21(11-13-22)28-18(3)33/h4-15,17H,1-3H3,(H,28,33)(H,29,34). The van der Waals surface area contributed by atoms with Crippen LogP contribution in [0.25, 0.3) is 17.1 Å². The number of nitrogens with zero attached hydrogens (tertiary/aromatic N) is 3. The molecule has 9 heteroatoms. The summed E-state index contributed by atoms with van der Waals surface area (Å²) in [6, 6.07) is 22.4. The van der Waals surface area contributed by atoms with Gasteiger partial charge in [0.25, 0.3) is 0 Å². The van der Waals surface area contributed by atoms with Crippen molar-refractivity contribution >= 4 is 46.6 Å². The van der Waals surface area contributed by atoms with E-state index in [-0.39, 0.29) is 11.8 Å². The van der Waals surface area contributed by atoms with Crippen LogP contribution >= 0.6 is 23.4 Å². The Bertz CT molecular complexity index is 1340. The van der Waals surface area contributed by atoms with E-state index in [9.17, 15) is 9.59 Å². The van der Waals surface area contributed by atoms with E-state index in [2.05, 4.69) is 20.8 Å². The van der Waals surface area contributed by atoms with Crippen molar-refractivity contribution < 1.29 is 9.59 Å². The Morgan fingerprint density at radius 1 is 0.886 bits per heavy atom. The highest BCUT2D eigenvalue weighted by Crippen LogP contribution is 2.31. The topological polar surface area (TPSA) is 88.9 Å². The summed E-state index contributed by atoms with van der Waals surface area (Å²) >= 11 is 7.39. The molecule has 7 nitrogen and oxygen atoms in total. The number of amides is 2. The number of halogens is 1. The van der Waals surface area contributed by atoms with Crippen LogP contribution in [0.15, 0.2) is 78.0 Å². The average molecular weight is 506 g/mol. The van der Waals surface area contributed by atoms with Gasteiger partial charge in [0, 0.05) is 34.6 Å². The fraction of sp³-hybridized carbons (Fsp3) is 0.154. The second kappa shape index (κ2) is 10.8. The zero-order valence-electron chi connectivity index (χ0n) is 19.4. The first-order chi connectivity index (χ1) is 16.8. The molecule has 1 atom stereocenters. The largest absolute Gasteiger partial charge is 0.326 e. The Labute approximate surface area is 212 Å². The second-order valence-electron chi connectivity index (χ2n) is 7.99. The maximum Gasteiger partial charge on any atom is 0.237 e. The number of nitrogens with one attached hydrogen (secondary N) is 2. The van der Waals surface area contributed by atoms with Crippen LogP contribution in [-0.4, -0.2) is 31.8 Å². The van der Waals surface area contributed by atoms with Crippen LogP contribution in [0.3, 0.4) is 0 Å². The molecule has 178 valence electrons. The van der Waals surface area contributed by atoms with E-state index in [1.807, 2.05) is 66.9 Å². The van der Waals surface area contributed by atoms with Crippen molar-refractivity contribution in [1.82, 2.24) is 14.8 Å². The zero-order chi connectivity index (χ0) is 24.9. The van der Waals surface area contributed by atoms with E-state index in [1.54, 1.807) is 24.3 Å². The van der Waals surface area contributed by atoms with Crippen LogP contribution in [-0.2, 0) is 9.59 Å². The van der Waals surface area contributed by atoms with Crippen molar-refractivity contribution in [3.63, 3.8) is 0 Å². The Hall–Kier alpha value is -3.62. The molecule has 1 aromatic heterocycles. The summed E-state index contributed by atoms with van der Waals surface area (Å²) < 4.78 is 1.94. The van der Waals surface area contributed by atoms with E-state index in [4.69, 9.17) is 11.6 Å². The number of rotatable bonds is 7. The quantitative estimate of drug-likeness (QED) is 0.302. The lowest BCUT2D eigenvalue weighted by Crippen LogP contribution is -2.23. The summed E-state index contributed by atoms with van der Waals surface area (Å²) in [5.41, 5.74) is 4.21. The number of thioether (sulfide) groups is 1.